The van der Waals surface area contributed by atoms with E-state index in [0.29, 0.717) is 23.5 Å². The topological polar surface area (TPSA) is 17.1 Å². The van der Waals surface area contributed by atoms with Crippen LogP contribution in [0.5, 0.6) is 0 Å². The van der Waals surface area contributed by atoms with Crippen LogP contribution in [0.4, 0.5) is 0 Å². The van der Waals surface area contributed by atoms with Gasteiger partial charge in [-0.15, -0.1) is 11.5 Å². The molecule has 0 aliphatic heterocycles. The number of rotatable bonds is 3. The number of carbonyl (C=O) groups is 1. The Morgan fingerprint density at radius 1 is 1.30 bits per heavy atom. The minimum Gasteiger partial charge on any atom is -0.299 e. The number of Topliss-reactive ketones (excluding diaryl/α,β-unsaturated/α-hetero) is 1. The Bertz CT molecular complexity index is 403. The zero-order chi connectivity index (χ0) is 15.6. The van der Waals surface area contributed by atoms with E-state index in [9.17, 15) is 4.79 Å². The van der Waals surface area contributed by atoms with Gasteiger partial charge in [0.05, 0.1) is 0 Å². The van der Waals surface area contributed by atoms with Crippen LogP contribution >= 0.6 is 0 Å². The van der Waals surface area contributed by atoms with Gasteiger partial charge in [-0.3, -0.25) is 4.79 Å². The number of hydrogen-bond donors (Lipinski definition) is 0. The van der Waals surface area contributed by atoms with Crippen LogP contribution in [0.1, 0.15) is 53.4 Å². The van der Waals surface area contributed by atoms with Crippen molar-refractivity contribution in [2.24, 2.45) is 23.2 Å². The summed E-state index contributed by atoms with van der Waals surface area (Å²) in [5, 5.41) is 0. The lowest BCUT2D eigenvalue weighted by atomic mass is 9.62. The highest BCUT2D eigenvalue weighted by molar-refractivity contribution is 6.83. The first-order valence-corrected chi connectivity index (χ1v) is 11.6. The molecule has 1 rings (SSSR count). The van der Waals surface area contributed by atoms with E-state index in [1.54, 1.807) is 0 Å². The lowest BCUT2D eigenvalue weighted by Crippen LogP contribution is -2.39. The minimum atomic E-state index is -1.25. The average Bonchev–Trinajstić information content (AvgIpc) is 2.27. The molecule has 1 saturated carbocycles. The predicted octanol–water partition coefficient (Wildman–Crippen LogP) is 4.92. The molecule has 2 atom stereocenters. The smallest absolute Gasteiger partial charge is 0.138 e. The van der Waals surface area contributed by atoms with Gasteiger partial charge in [-0.1, -0.05) is 47.3 Å². The molecule has 0 aromatic heterocycles. The summed E-state index contributed by atoms with van der Waals surface area (Å²) in [5.41, 5.74) is 3.32. The largest absolute Gasteiger partial charge is 0.299 e. The Kier molecular flexibility index (Phi) is 5.67. The van der Waals surface area contributed by atoms with E-state index in [1.807, 2.05) is 0 Å². The SMILES string of the molecule is CC(C)[C@H]1CC(C)(C)C(=O)C[C@@H]1CCC#C[Si](C)(C)C. The lowest BCUT2D eigenvalue weighted by Gasteiger charge is -2.41. The Balaban J connectivity index is 2.67. The Morgan fingerprint density at radius 3 is 2.40 bits per heavy atom. The fourth-order valence-electron chi connectivity index (χ4n) is 3.22. The highest BCUT2D eigenvalue weighted by Gasteiger charge is 2.41. The Hall–Kier alpha value is -0.553. The quantitative estimate of drug-likeness (QED) is 0.533. The third-order valence-electron chi connectivity index (χ3n) is 4.51. The monoisotopic (exact) mass is 292 g/mol. The highest BCUT2D eigenvalue weighted by atomic mass is 28.3. The highest BCUT2D eigenvalue weighted by Crippen LogP contribution is 2.44. The van der Waals surface area contributed by atoms with Crippen LogP contribution in [0.3, 0.4) is 0 Å². The van der Waals surface area contributed by atoms with Gasteiger partial charge in [0.15, 0.2) is 0 Å². The van der Waals surface area contributed by atoms with Gasteiger partial charge >= 0.3 is 0 Å². The maximum absolute atomic E-state index is 12.3. The Labute approximate surface area is 126 Å². The molecule has 1 fully saturated rings. The molecule has 0 aromatic rings. The van der Waals surface area contributed by atoms with Gasteiger partial charge in [-0.2, -0.15) is 0 Å². The van der Waals surface area contributed by atoms with Crippen LogP contribution in [-0.2, 0) is 4.79 Å². The van der Waals surface area contributed by atoms with Crippen molar-refractivity contribution in [3.8, 4) is 11.5 Å². The van der Waals surface area contributed by atoms with Gasteiger partial charge in [-0.05, 0) is 30.6 Å². The van der Waals surface area contributed by atoms with Crippen LogP contribution in [0, 0.1) is 34.6 Å². The normalized spacial score (nSPS) is 26.3. The van der Waals surface area contributed by atoms with Gasteiger partial charge in [-0.25, -0.2) is 0 Å². The molecule has 114 valence electrons. The molecule has 1 aliphatic rings. The van der Waals surface area contributed by atoms with E-state index in [-0.39, 0.29) is 5.41 Å². The van der Waals surface area contributed by atoms with Crippen molar-refractivity contribution in [3.63, 3.8) is 0 Å². The lowest BCUT2D eigenvalue weighted by molar-refractivity contribution is -0.134. The second-order valence-corrected chi connectivity index (χ2v) is 13.2. The molecule has 0 radical (unpaired) electrons. The fourth-order valence-corrected chi connectivity index (χ4v) is 3.87. The van der Waals surface area contributed by atoms with E-state index in [0.717, 1.165) is 25.7 Å². The molecule has 0 aromatic carbocycles. The fraction of sp³-hybridized carbons (Fsp3) is 0.833. The molecule has 0 bridgehead atoms. The Morgan fingerprint density at radius 2 is 1.90 bits per heavy atom. The molecule has 1 nitrogen and oxygen atoms in total. The van der Waals surface area contributed by atoms with Gasteiger partial charge < -0.3 is 0 Å². The number of hydrogen-bond acceptors (Lipinski definition) is 1. The van der Waals surface area contributed by atoms with Gasteiger partial charge in [0, 0.05) is 18.3 Å². The third-order valence-corrected chi connectivity index (χ3v) is 5.44. The summed E-state index contributed by atoms with van der Waals surface area (Å²) >= 11 is 0. The molecule has 1 aliphatic carbocycles. The average molecular weight is 293 g/mol. The van der Waals surface area contributed by atoms with Crippen LogP contribution in [-0.4, -0.2) is 13.9 Å². The van der Waals surface area contributed by atoms with Crippen molar-refractivity contribution >= 4 is 13.9 Å². The van der Waals surface area contributed by atoms with Crippen LogP contribution in [0.25, 0.3) is 0 Å². The summed E-state index contributed by atoms with van der Waals surface area (Å²) < 4.78 is 0. The van der Waals surface area contributed by atoms with E-state index in [2.05, 4.69) is 58.8 Å². The van der Waals surface area contributed by atoms with E-state index in [4.69, 9.17) is 0 Å². The van der Waals surface area contributed by atoms with Gasteiger partial charge in [0.25, 0.3) is 0 Å². The summed E-state index contributed by atoms with van der Waals surface area (Å²) in [4.78, 5) is 12.3. The van der Waals surface area contributed by atoms with Crippen LogP contribution in [0.2, 0.25) is 19.6 Å². The second-order valence-electron chi connectivity index (χ2n) is 8.47. The molecule has 0 heterocycles. The molecule has 0 saturated heterocycles. The first kappa shape index (κ1) is 17.5. The molecule has 0 spiro atoms. The van der Waals surface area contributed by atoms with Crippen molar-refractivity contribution in [2.45, 2.75) is 73.0 Å². The van der Waals surface area contributed by atoms with Gasteiger partial charge in [0.2, 0.25) is 0 Å². The molecular weight excluding hydrogens is 260 g/mol. The summed E-state index contributed by atoms with van der Waals surface area (Å²) in [6.45, 7) is 15.7. The first-order chi connectivity index (χ1) is 9.03. The third kappa shape index (κ3) is 5.09. The number of ketones is 1. The molecular formula is C18H32OSi. The van der Waals surface area contributed by atoms with Crippen LogP contribution in [0.15, 0.2) is 0 Å². The van der Waals surface area contributed by atoms with Crippen molar-refractivity contribution in [2.75, 3.05) is 0 Å². The molecule has 0 N–H and O–H groups in total. The standard InChI is InChI=1S/C18H32OSi/c1-14(2)16-13-18(3,4)17(19)12-15(16)10-8-9-11-20(5,6)7/h14-16H,8,10,12-13H2,1-7H3/t15-,16+/m0/s1. The molecule has 2 heteroatoms. The summed E-state index contributed by atoms with van der Waals surface area (Å²) in [5.74, 6) is 5.71. The van der Waals surface area contributed by atoms with Crippen LogP contribution < -0.4 is 0 Å². The van der Waals surface area contributed by atoms with Crippen molar-refractivity contribution < 1.29 is 4.79 Å². The zero-order valence-corrected chi connectivity index (χ0v) is 15.5. The van der Waals surface area contributed by atoms with E-state index < -0.39 is 8.07 Å². The van der Waals surface area contributed by atoms with Crippen molar-refractivity contribution in [1.29, 1.82) is 0 Å². The van der Waals surface area contributed by atoms with E-state index in [1.165, 1.54) is 0 Å². The summed E-state index contributed by atoms with van der Waals surface area (Å²) in [6.07, 6.45) is 3.88. The predicted molar refractivity (Wildman–Crippen MR) is 90.2 cm³/mol. The van der Waals surface area contributed by atoms with Crippen molar-refractivity contribution in [3.05, 3.63) is 0 Å². The maximum atomic E-state index is 12.3. The zero-order valence-electron chi connectivity index (χ0n) is 14.5. The second kappa shape index (κ2) is 6.48. The van der Waals surface area contributed by atoms with Crippen molar-refractivity contribution in [1.82, 2.24) is 0 Å². The summed E-state index contributed by atoms with van der Waals surface area (Å²) in [6, 6.07) is 0. The van der Waals surface area contributed by atoms with E-state index >= 15 is 0 Å². The maximum Gasteiger partial charge on any atom is 0.138 e. The molecule has 0 amide bonds. The first-order valence-electron chi connectivity index (χ1n) is 8.06. The number of carbonyl (C=O) groups excluding carboxylic acids is 1. The minimum absolute atomic E-state index is 0.116. The summed E-state index contributed by atoms with van der Waals surface area (Å²) in [7, 11) is -1.25. The molecule has 0 unspecified atom stereocenters. The van der Waals surface area contributed by atoms with Gasteiger partial charge in [0.1, 0.15) is 13.9 Å². The molecule has 20 heavy (non-hydrogen) atoms.